The number of hydrogen-bond acceptors (Lipinski definition) is 3. The molecule has 1 aliphatic rings. The van der Waals surface area contributed by atoms with Crippen molar-refractivity contribution >= 4 is 11.7 Å². The van der Waals surface area contributed by atoms with Gasteiger partial charge in [-0.1, -0.05) is 25.0 Å². The number of nitrogens with one attached hydrogen (secondary N) is 2. The molecule has 0 saturated heterocycles. The first-order valence-corrected chi connectivity index (χ1v) is 7.92. The maximum Gasteiger partial charge on any atom is 0.335 e. The van der Waals surface area contributed by atoms with Crippen molar-refractivity contribution in [2.75, 3.05) is 0 Å². The number of urea groups is 1. The van der Waals surface area contributed by atoms with Crippen LogP contribution in [0, 0.1) is 0 Å². The van der Waals surface area contributed by atoms with Gasteiger partial charge < -0.3 is 9.88 Å². The Labute approximate surface area is 135 Å². The maximum absolute atomic E-state index is 11.8. The zero-order valence-electron chi connectivity index (χ0n) is 13.2. The molecule has 2 amide bonds. The average Bonchev–Trinajstić information content (AvgIpc) is 3.26. The molecule has 2 N–H and O–H groups in total. The summed E-state index contributed by atoms with van der Waals surface area (Å²) in [7, 11) is 0. The van der Waals surface area contributed by atoms with Gasteiger partial charge in [-0.05, 0) is 37.5 Å². The highest BCUT2D eigenvalue weighted by Crippen LogP contribution is 2.17. The fraction of sp³-hybridized carbons (Fsp3) is 0.353. The molecule has 1 aromatic carbocycles. The summed E-state index contributed by atoms with van der Waals surface area (Å²) in [6.45, 7) is 1.88. The van der Waals surface area contributed by atoms with Crippen LogP contribution in [0.5, 0.6) is 0 Å². The number of aromatic nitrogens is 2. The number of carbonyl (C=O) groups excluding carboxylic acids is 1. The monoisotopic (exact) mass is 311 g/mol. The number of amides is 2. The summed E-state index contributed by atoms with van der Waals surface area (Å²) < 4.78 is 1.93. The standard InChI is InChI=1S/C17H21N5O/c1-13(20-21-17(23)19-15-4-2-3-5-15)14-6-8-16(9-7-14)22-11-10-18-12-22/h6-12,15H,2-5H2,1H3,(H2,19,21,23)/b20-13+. The fourth-order valence-electron chi connectivity index (χ4n) is 2.77. The Hall–Kier alpha value is -2.63. The maximum atomic E-state index is 11.8. The first-order chi connectivity index (χ1) is 11.2. The topological polar surface area (TPSA) is 71.3 Å². The molecule has 3 rings (SSSR count). The van der Waals surface area contributed by atoms with Crippen LogP contribution < -0.4 is 10.7 Å². The largest absolute Gasteiger partial charge is 0.335 e. The summed E-state index contributed by atoms with van der Waals surface area (Å²) in [5.41, 5.74) is 5.34. The quantitative estimate of drug-likeness (QED) is 0.673. The molecule has 0 atom stereocenters. The summed E-state index contributed by atoms with van der Waals surface area (Å²) in [6.07, 6.45) is 9.90. The summed E-state index contributed by atoms with van der Waals surface area (Å²) in [5.74, 6) is 0. The van der Waals surface area contributed by atoms with E-state index >= 15 is 0 Å². The van der Waals surface area contributed by atoms with Crippen LogP contribution in [0.25, 0.3) is 5.69 Å². The molecule has 2 aromatic rings. The number of nitrogens with zero attached hydrogens (tertiary/aromatic N) is 3. The lowest BCUT2D eigenvalue weighted by Crippen LogP contribution is -2.39. The van der Waals surface area contributed by atoms with Gasteiger partial charge in [0, 0.05) is 24.1 Å². The van der Waals surface area contributed by atoms with Crippen LogP contribution in [-0.2, 0) is 0 Å². The Morgan fingerprint density at radius 1 is 1.26 bits per heavy atom. The molecule has 0 spiro atoms. The van der Waals surface area contributed by atoms with Crippen LogP contribution in [0.15, 0.2) is 48.1 Å². The second-order valence-corrected chi connectivity index (χ2v) is 5.78. The highest BCUT2D eigenvalue weighted by molar-refractivity contribution is 5.99. The van der Waals surface area contributed by atoms with Crippen LogP contribution in [0.2, 0.25) is 0 Å². The van der Waals surface area contributed by atoms with E-state index in [1.165, 1.54) is 12.8 Å². The van der Waals surface area contributed by atoms with E-state index in [2.05, 4.69) is 20.8 Å². The molecule has 1 heterocycles. The summed E-state index contributed by atoms with van der Waals surface area (Å²) in [5, 5.41) is 7.11. The third-order valence-corrected chi connectivity index (χ3v) is 4.10. The molecule has 0 bridgehead atoms. The smallest absolute Gasteiger partial charge is 0.334 e. The van der Waals surface area contributed by atoms with Crippen molar-refractivity contribution in [1.82, 2.24) is 20.3 Å². The molecule has 0 unspecified atom stereocenters. The Balaban J connectivity index is 1.58. The van der Waals surface area contributed by atoms with Crippen molar-refractivity contribution in [2.24, 2.45) is 5.10 Å². The predicted octanol–water partition coefficient (Wildman–Crippen LogP) is 2.84. The molecule has 120 valence electrons. The minimum atomic E-state index is -0.230. The van der Waals surface area contributed by atoms with Crippen molar-refractivity contribution in [3.05, 3.63) is 48.5 Å². The van der Waals surface area contributed by atoms with Gasteiger partial charge in [0.25, 0.3) is 0 Å². The molecule has 1 aliphatic carbocycles. The SMILES string of the molecule is C/C(=N\NC(=O)NC1CCCC1)c1ccc(-n2ccnc2)cc1. The molecular formula is C17H21N5O. The molecular weight excluding hydrogens is 290 g/mol. The fourth-order valence-corrected chi connectivity index (χ4v) is 2.77. The predicted molar refractivity (Wildman–Crippen MR) is 89.7 cm³/mol. The van der Waals surface area contributed by atoms with Crippen LogP contribution in [-0.4, -0.2) is 27.3 Å². The van der Waals surface area contributed by atoms with E-state index in [4.69, 9.17) is 0 Å². The van der Waals surface area contributed by atoms with Crippen molar-refractivity contribution in [2.45, 2.75) is 38.6 Å². The van der Waals surface area contributed by atoms with E-state index in [1.807, 2.05) is 42.0 Å². The van der Waals surface area contributed by atoms with Crippen LogP contribution >= 0.6 is 0 Å². The van der Waals surface area contributed by atoms with Gasteiger partial charge in [-0.2, -0.15) is 5.10 Å². The molecule has 1 aromatic heterocycles. The van der Waals surface area contributed by atoms with Gasteiger partial charge in [-0.15, -0.1) is 0 Å². The highest BCUT2D eigenvalue weighted by Gasteiger charge is 2.16. The lowest BCUT2D eigenvalue weighted by atomic mass is 10.1. The van der Waals surface area contributed by atoms with Gasteiger partial charge in [0.15, 0.2) is 0 Å². The van der Waals surface area contributed by atoms with Crippen LogP contribution in [0.4, 0.5) is 4.79 Å². The van der Waals surface area contributed by atoms with Gasteiger partial charge in [-0.3, -0.25) is 0 Å². The van der Waals surface area contributed by atoms with Crippen molar-refractivity contribution in [1.29, 1.82) is 0 Å². The van der Waals surface area contributed by atoms with Crippen LogP contribution in [0.3, 0.4) is 0 Å². The Kier molecular flexibility index (Phi) is 4.71. The summed E-state index contributed by atoms with van der Waals surface area (Å²) >= 11 is 0. The normalized spacial score (nSPS) is 15.6. The Morgan fingerprint density at radius 2 is 2.00 bits per heavy atom. The first kappa shape index (κ1) is 15.3. The van der Waals surface area contributed by atoms with E-state index < -0.39 is 0 Å². The van der Waals surface area contributed by atoms with Gasteiger partial charge >= 0.3 is 6.03 Å². The minimum absolute atomic E-state index is 0.230. The second-order valence-electron chi connectivity index (χ2n) is 5.78. The molecule has 6 heteroatoms. The van der Waals surface area contributed by atoms with E-state index in [1.54, 1.807) is 12.5 Å². The number of rotatable bonds is 4. The lowest BCUT2D eigenvalue weighted by Gasteiger charge is -2.11. The zero-order chi connectivity index (χ0) is 16.1. The highest BCUT2D eigenvalue weighted by atomic mass is 16.2. The molecule has 1 saturated carbocycles. The first-order valence-electron chi connectivity index (χ1n) is 7.92. The lowest BCUT2D eigenvalue weighted by molar-refractivity contribution is 0.237. The van der Waals surface area contributed by atoms with Crippen molar-refractivity contribution in [3.63, 3.8) is 0 Å². The third-order valence-electron chi connectivity index (χ3n) is 4.10. The molecule has 6 nitrogen and oxygen atoms in total. The number of imidazole rings is 1. The van der Waals surface area contributed by atoms with E-state index in [0.717, 1.165) is 29.8 Å². The van der Waals surface area contributed by atoms with Gasteiger partial charge in [0.2, 0.25) is 0 Å². The summed E-state index contributed by atoms with van der Waals surface area (Å²) in [6, 6.07) is 8.00. The number of hydrogen-bond donors (Lipinski definition) is 2. The minimum Gasteiger partial charge on any atom is -0.334 e. The third kappa shape index (κ3) is 3.97. The summed E-state index contributed by atoms with van der Waals surface area (Å²) in [4.78, 5) is 15.8. The number of hydrazone groups is 1. The van der Waals surface area contributed by atoms with E-state index in [9.17, 15) is 4.79 Å². The van der Waals surface area contributed by atoms with Gasteiger partial charge in [-0.25, -0.2) is 15.2 Å². The number of carbonyl (C=O) groups is 1. The van der Waals surface area contributed by atoms with E-state index in [-0.39, 0.29) is 6.03 Å². The molecule has 1 fully saturated rings. The van der Waals surface area contributed by atoms with Gasteiger partial charge in [0.1, 0.15) is 0 Å². The van der Waals surface area contributed by atoms with Crippen molar-refractivity contribution in [3.8, 4) is 5.69 Å². The zero-order valence-corrected chi connectivity index (χ0v) is 13.2. The average molecular weight is 311 g/mol. The Bertz CT molecular complexity index is 670. The van der Waals surface area contributed by atoms with Gasteiger partial charge in [0.05, 0.1) is 12.0 Å². The van der Waals surface area contributed by atoms with Crippen molar-refractivity contribution < 1.29 is 4.79 Å². The van der Waals surface area contributed by atoms with Crippen LogP contribution in [0.1, 0.15) is 38.2 Å². The molecule has 0 radical (unpaired) electrons. The van der Waals surface area contributed by atoms with E-state index in [0.29, 0.717) is 6.04 Å². The number of benzene rings is 1. The Morgan fingerprint density at radius 3 is 2.65 bits per heavy atom. The molecule has 0 aliphatic heterocycles. The second kappa shape index (κ2) is 7.09. The molecule has 23 heavy (non-hydrogen) atoms.